The smallest absolute Gasteiger partial charge is 0.272 e. The van der Waals surface area contributed by atoms with Crippen LogP contribution >= 0.6 is 0 Å². The zero-order valence-corrected chi connectivity index (χ0v) is 16.4. The number of nitrogens with one attached hydrogen (secondary N) is 1. The molecule has 27 heavy (non-hydrogen) atoms. The lowest BCUT2D eigenvalue weighted by molar-refractivity contribution is -0.393. The van der Waals surface area contributed by atoms with E-state index in [0.29, 0.717) is 11.8 Å². The van der Waals surface area contributed by atoms with Crippen LogP contribution in [0.4, 0.5) is 17.1 Å². The number of hydrazone groups is 1. The predicted molar refractivity (Wildman–Crippen MR) is 106 cm³/mol. The number of non-ortho nitro benzene ring substituents is 1. The molecule has 1 aromatic carbocycles. The number of hydrogen-bond donors (Lipinski definition) is 1. The Bertz CT molecular complexity index is 745. The lowest BCUT2D eigenvalue weighted by Gasteiger charge is -2.40. The van der Waals surface area contributed by atoms with Gasteiger partial charge in [-0.3, -0.25) is 25.7 Å². The number of benzene rings is 1. The van der Waals surface area contributed by atoms with Crippen molar-refractivity contribution >= 4 is 22.8 Å². The fraction of sp³-hybridized carbons (Fsp3) is 0.632. The van der Waals surface area contributed by atoms with Gasteiger partial charge in [0.1, 0.15) is 5.69 Å². The van der Waals surface area contributed by atoms with Gasteiger partial charge >= 0.3 is 5.69 Å². The summed E-state index contributed by atoms with van der Waals surface area (Å²) in [6, 6.07) is 3.55. The molecule has 2 atom stereocenters. The van der Waals surface area contributed by atoms with Crippen molar-refractivity contribution in [2.24, 2.45) is 22.4 Å². The van der Waals surface area contributed by atoms with Crippen molar-refractivity contribution in [3.05, 3.63) is 38.4 Å². The summed E-state index contributed by atoms with van der Waals surface area (Å²) in [5.41, 5.74) is 3.46. The summed E-state index contributed by atoms with van der Waals surface area (Å²) >= 11 is 0. The minimum Gasteiger partial charge on any atom is -0.272 e. The van der Waals surface area contributed by atoms with Crippen molar-refractivity contribution in [3.8, 4) is 0 Å². The van der Waals surface area contributed by atoms with Crippen LogP contribution in [0.3, 0.4) is 0 Å². The molecule has 0 aliphatic heterocycles. The van der Waals surface area contributed by atoms with E-state index in [1.54, 1.807) is 0 Å². The Morgan fingerprint density at radius 3 is 2.56 bits per heavy atom. The molecule has 0 heterocycles. The number of anilines is 1. The van der Waals surface area contributed by atoms with E-state index in [2.05, 4.69) is 38.2 Å². The largest absolute Gasteiger partial charge is 0.301 e. The topological polar surface area (TPSA) is 111 Å². The number of nitro benzene ring substituents is 2. The molecule has 0 radical (unpaired) electrons. The minimum atomic E-state index is -0.644. The molecular weight excluding hydrogens is 348 g/mol. The average Bonchev–Trinajstić information content (AvgIpc) is 2.60. The highest BCUT2D eigenvalue weighted by Gasteiger charge is 2.36. The Labute approximate surface area is 159 Å². The van der Waals surface area contributed by atoms with Crippen molar-refractivity contribution in [2.45, 2.75) is 59.8 Å². The van der Waals surface area contributed by atoms with Crippen molar-refractivity contribution in [1.29, 1.82) is 0 Å². The van der Waals surface area contributed by atoms with Crippen molar-refractivity contribution in [2.75, 3.05) is 5.43 Å². The first-order valence-electron chi connectivity index (χ1n) is 9.41. The second-order valence-corrected chi connectivity index (χ2v) is 8.10. The van der Waals surface area contributed by atoms with Gasteiger partial charge in [0.05, 0.1) is 15.9 Å². The summed E-state index contributed by atoms with van der Waals surface area (Å²) in [5.74, 6) is 0.935. The molecule has 8 nitrogen and oxygen atoms in total. The minimum absolute atomic E-state index is 0.103. The van der Waals surface area contributed by atoms with E-state index in [9.17, 15) is 20.2 Å². The summed E-state index contributed by atoms with van der Waals surface area (Å²) in [4.78, 5) is 20.9. The molecule has 8 heteroatoms. The molecule has 0 spiro atoms. The Morgan fingerprint density at radius 2 is 1.96 bits per heavy atom. The zero-order chi connectivity index (χ0) is 20.2. The molecular formula is C19H28N4O4. The fourth-order valence-electron chi connectivity index (χ4n) is 3.96. The van der Waals surface area contributed by atoms with Gasteiger partial charge in [0.15, 0.2) is 0 Å². The van der Waals surface area contributed by atoms with Gasteiger partial charge < -0.3 is 0 Å². The quantitative estimate of drug-likeness (QED) is 0.496. The second kappa shape index (κ2) is 8.45. The SMILES string of the molecule is CCCC(C)(C)[C@@H]1C[C@@H](C)CC/C1=N\Nc1ccc([N+](=O)[O-])cc1[N+](=O)[O-]. The Balaban J connectivity index is 2.31. The van der Waals surface area contributed by atoms with Gasteiger partial charge in [0.25, 0.3) is 5.69 Å². The summed E-state index contributed by atoms with van der Waals surface area (Å²) in [7, 11) is 0. The molecule has 1 aliphatic carbocycles. The molecule has 1 aromatic rings. The van der Waals surface area contributed by atoms with Gasteiger partial charge in [0.2, 0.25) is 0 Å². The van der Waals surface area contributed by atoms with Crippen LogP contribution in [-0.4, -0.2) is 15.6 Å². The first-order chi connectivity index (χ1) is 12.7. The Hall–Kier alpha value is -2.51. The maximum atomic E-state index is 11.3. The highest BCUT2D eigenvalue weighted by atomic mass is 16.6. The normalized spacial score (nSPS) is 21.9. The molecule has 0 unspecified atom stereocenters. The molecule has 0 amide bonds. The van der Waals surface area contributed by atoms with Crippen LogP contribution in [0.25, 0.3) is 0 Å². The summed E-state index contributed by atoms with van der Waals surface area (Å²) in [6.45, 7) is 8.93. The molecule has 1 fully saturated rings. The van der Waals surface area contributed by atoms with Gasteiger partial charge in [0, 0.05) is 17.7 Å². The first kappa shape index (κ1) is 20.8. The maximum absolute atomic E-state index is 11.3. The van der Waals surface area contributed by atoms with E-state index < -0.39 is 9.85 Å². The van der Waals surface area contributed by atoms with Crippen LogP contribution in [0.5, 0.6) is 0 Å². The van der Waals surface area contributed by atoms with Crippen LogP contribution in [-0.2, 0) is 0 Å². The summed E-state index contributed by atoms with van der Waals surface area (Å²) in [6.07, 6.45) is 5.12. The monoisotopic (exact) mass is 376 g/mol. The maximum Gasteiger partial charge on any atom is 0.301 e. The van der Waals surface area contributed by atoms with Gasteiger partial charge in [-0.15, -0.1) is 0 Å². The van der Waals surface area contributed by atoms with Crippen molar-refractivity contribution in [1.82, 2.24) is 0 Å². The Morgan fingerprint density at radius 1 is 1.26 bits per heavy atom. The summed E-state index contributed by atoms with van der Waals surface area (Å²) < 4.78 is 0. The molecule has 1 N–H and O–H groups in total. The van der Waals surface area contributed by atoms with Crippen LogP contribution in [0.15, 0.2) is 23.3 Å². The first-order valence-corrected chi connectivity index (χ1v) is 9.41. The van der Waals surface area contributed by atoms with Gasteiger partial charge in [-0.2, -0.15) is 5.10 Å². The second-order valence-electron chi connectivity index (χ2n) is 8.10. The molecule has 0 bridgehead atoms. The molecule has 148 valence electrons. The zero-order valence-electron chi connectivity index (χ0n) is 16.4. The van der Waals surface area contributed by atoms with Crippen LogP contribution in [0, 0.1) is 37.5 Å². The lowest BCUT2D eigenvalue weighted by atomic mass is 9.65. The molecule has 1 aliphatic rings. The van der Waals surface area contributed by atoms with E-state index in [0.717, 1.165) is 43.9 Å². The number of nitro groups is 2. The van der Waals surface area contributed by atoms with E-state index >= 15 is 0 Å². The Kier molecular flexibility index (Phi) is 6.51. The van der Waals surface area contributed by atoms with E-state index in [4.69, 9.17) is 0 Å². The molecule has 0 aromatic heterocycles. The van der Waals surface area contributed by atoms with Crippen LogP contribution in [0.1, 0.15) is 59.8 Å². The van der Waals surface area contributed by atoms with E-state index in [-0.39, 0.29) is 22.5 Å². The number of nitrogens with zero attached hydrogens (tertiary/aromatic N) is 3. The average molecular weight is 376 g/mol. The standard InChI is InChI=1S/C19H28N4O4/c1-5-10-19(3,4)15-11-13(2)6-8-16(15)20-21-17-9-7-14(22(24)25)12-18(17)23(26)27/h7,9,12-13,15,21H,5-6,8,10-11H2,1-4H3/b20-16+/t13-,15+/m0/s1. The third kappa shape index (κ3) is 5.02. The third-order valence-corrected chi connectivity index (χ3v) is 5.48. The van der Waals surface area contributed by atoms with Crippen molar-refractivity contribution < 1.29 is 9.85 Å². The van der Waals surface area contributed by atoms with E-state index in [1.807, 2.05) is 0 Å². The third-order valence-electron chi connectivity index (χ3n) is 5.48. The van der Waals surface area contributed by atoms with Crippen molar-refractivity contribution in [3.63, 3.8) is 0 Å². The molecule has 2 rings (SSSR count). The predicted octanol–water partition coefficient (Wildman–Crippen LogP) is 5.53. The summed E-state index contributed by atoms with van der Waals surface area (Å²) in [5, 5.41) is 26.7. The highest BCUT2D eigenvalue weighted by molar-refractivity contribution is 5.89. The lowest BCUT2D eigenvalue weighted by Crippen LogP contribution is -2.36. The fourth-order valence-corrected chi connectivity index (χ4v) is 3.96. The van der Waals surface area contributed by atoms with Gasteiger partial charge in [-0.25, -0.2) is 0 Å². The van der Waals surface area contributed by atoms with Crippen LogP contribution in [0.2, 0.25) is 0 Å². The number of hydrogen-bond acceptors (Lipinski definition) is 6. The van der Waals surface area contributed by atoms with Crippen LogP contribution < -0.4 is 5.43 Å². The molecule has 1 saturated carbocycles. The molecule has 0 saturated heterocycles. The van der Waals surface area contributed by atoms with E-state index in [1.165, 1.54) is 12.1 Å². The number of rotatable bonds is 7. The van der Waals surface area contributed by atoms with Gasteiger partial charge in [-0.05, 0) is 43.1 Å². The van der Waals surface area contributed by atoms with Gasteiger partial charge in [-0.1, -0.05) is 34.1 Å². The highest BCUT2D eigenvalue weighted by Crippen LogP contribution is 2.42.